The zero-order valence-electron chi connectivity index (χ0n) is 17.7. The lowest BCUT2D eigenvalue weighted by molar-refractivity contribution is 0.0963. The lowest BCUT2D eigenvalue weighted by Crippen LogP contribution is -2.50. The molecule has 9 heteroatoms. The smallest absolute Gasteiger partial charge is 0.409 e. The Morgan fingerprint density at radius 2 is 2.03 bits per heavy atom. The Morgan fingerprint density at radius 1 is 1.26 bits per heavy atom. The Bertz CT molecular complexity index is 824. The number of carbonyl (C=O) groups is 1. The molecule has 7 nitrogen and oxygen atoms in total. The second-order valence-corrected chi connectivity index (χ2v) is 7.52. The van der Waals surface area contributed by atoms with Crippen molar-refractivity contribution in [1.82, 2.24) is 15.5 Å². The predicted octanol–water partition coefficient (Wildman–Crippen LogP) is 4.45. The number of halogens is 2. The van der Waals surface area contributed by atoms with E-state index in [1.807, 2.05) is 43.3 Å². The number of hydrogen-bond acceptors (Lipinski definition) is 4. The molecular weight excluding hydrogens is 531 g/mol. The number of hydrogen-bond donors (Lipinski definition) is 2. The highest BCUT2D eigenvalue weighted by Crippen LogP contribution is 2.16. The average molecular weight is 561 g/mol. The SMILES string of the molecule is CCOC(=O)N1CCC(NC(=NCc2ccccc2Cl)NCCc2ccco2)CC1.I. The number of guanidine groups is 1. The number of aliphatic imine (C=N–C) groups is 1. The lowest BCUT2D eigenvalue weighted by Gasteiger charge is -2.32. The first-order valence-corrected chi connectivity index (χ1v) is 10.8. The maximum Gasteiger partial charge on any atom is 0.409 e. The molecule has 2 aromatic rings. The summed E-state index contributed by atoms with van der Waals surface area (Å²) in [5.41, 5.74) is 0.975. The van der Waals surface area contributed by atoms with Crippen molar-refractivity contribution in [3.63, 3.8) is 0 Å². The Kier molecular flexibility index (Phi) is 11.0. The van der Waals surface area contributed by atoms with Crippen LogP contribution in [0.4, 0.5) is 4.79 Å². The van der Waals surface area contributed by atoms with Crippen molar-refractivity contribution >= 4 is 47.6 Å². The van der Waals surface area contributed by atoms with E-state index in [4.69, 9.17) is 25.7 Å². The van der Waals surface area contributed by atoms with E-state index >= 15 is 0 Å². The molecule has 1 aliphatic heterocycles. The molecule has 31 heavy (non-hydrogen) atoms. The van der Waals surface area contributed by atoms with E-state index in [-0.39, 0.29) is 36.1 Å². The molecule has 2 N–H and O–H groups in total. The highest BCUT2D eigenvalue weighted by atomic mass is 127. The van der Waals surface area contributed by atoms with Crippen molar-refractivity contribution in [2.24, 2.45) is 4.99 Å². The number of nitrogens with zero attached hydrogens (tertiary/aromatic N) is 2. The molecule has 1 amide bonds. The minimum absolute atomic E-state index is 0. The number of nitrogens with one attached hydrogen (secondary N) is 2. The van der Waals surface area contributed by atoms with E-state index in [0.717, 1.165) is 36.5 Å². The van der Waals surface area contributed by atoms with Crippen molar-refractivity contribution in [3.8, 4) is 0 Å². The third-order valence-corrected chi connectivity index (χ3v) is 5.34. The van der Waals surface area contributed by atoms with E-state index in [9.17, 15) is 4.79 Å². The van der Waals surface area contributed by atoms with Gasteiger partial charge in [-0.25, -0.2) is 9.79 Å². The maximum absolute atomic E-state index is 11.9. The van der Waals surface area contributed by atoms with Crippen LogP contribution in [0.25, 0.3) is 0 Å². The first kappa shape index (κ1) is 25.3. The summed E-state index contributed by atoms with van der Waals surface area (Å²) >= 11 is 6.27. The van der Waals surface area contributed by atoms with Crippen molar-refractivity contribution in [1.29, 1.82) is 0 Å². The van der Waals surface area contributed by atoms with E-state index < -0.39 is 0 Å². The standard InChI is InChI=1S/C22H29ClN4O3.HI/c1-2-29-22(28)27-13-10-18(11-14-27)26-21(24-12-9-19-7-5-15-30-19)25-16-17-6-3-4-8-20(17)23;/h3-8,15,18H,2,9-14,16H2,1H3,(H2,24,25,26);1H. The lowest BCUT2D eigenvalue weighted by atomic mass is 10.1. The highest BCUT2D eigenvalue weighted by molar-refractivity contribution is 14.0. The van der Waals surface area contributed by atoms with Gasteiger partial charge in [-0.2, -0.15) is 0 Å². The van der Waals surface area contributed by atoms with Gasteiger partial charge in [0, 0.05) is 37.1 Å². The van der Waals surface area contributed by atoms with Crippen molar-refractivity contribution in [2.45, 2.75) is 38.8 Å². The molecule has 0 saturated carbocycles. The fourth-order valence-corrected chi connectivity index (χ4v) is 3.51. The second kappa shape index (κ2) is 13.5. The van der Waals surface area contributed by atoms with Gasteiger partial charge >= 0.3 is 6.09 Å². The minimum Gasteiger partial charge on any atom is -0.469 e. The van der Waals surface area contributed by atoms with Gasteiger partial charge in [-0.1, -0.05) is 29.8 Å². The fraction of sp³-hybridized carbons (Fsp3) is 0.455. The number of likely N-dealkylation sites (tertiary alicyclic amines) is 1. The summed E-state index contributed by atoms with van der Waals surface area (Å²) in [6.07, 6.45) is 3.88. The largest absolute Gasteiger partial charge is 0.469 e. The normalized spacial score (nSPS) is 14.6. The van der Waals surface area contributed by atoms with Gasteiger partial charge in [0.05, 0.1) is 19.4 Å². The first-order chi connectivity index (χ1) is 14.7. The van der Waals surface area contributed by atoms with Gasteiger partial charge in [0.25, 0.3) is 0 Å². The molecule has 3 rings (SSSR count). The number of benzene rings is 1. The molecule has 0 spiro atoms. The minimum atomic E-state index is -0.236. The van der Waals surface area contributed by atoms with E-state index in [1.165, 1.54) is 0 Å². The fourth-order valence-electron chi connectivity index (χ4n) is 3.32. The molecule has 0 bridgehead atoms. The first-order valence-electron chi connectivity index (χ1n) is 10.4. The molecule has 0 radical (unpaired) electrons. The van der Waals surface area contributed by atoms with Gasteiger partial charge in [-0.15, -0.1) is 24.0 Å². The van der Waals surface area contributed by atoms with Gasteiger partial charge in [0.1, 0.15) is 5.76 Å². The van der Waals surface area contributed by atoms with Crippen molar-refractivity contribution in [3.05, 3.63) is 59.0 Å². The molecule has 1 saturated heterocycles. The van der Waals surface area contributed by atoms with Crippen LogP contribution in [0.2, 0.25) is 5.02 Å². The third-order valence-electron chi connectivity index (χ3n) is 4.97. The van der Waals surface area contributed by atoms with Crippen molar-refractivity contribution < 1.29 is 13.9 Å². The van der Waals surface area contributed by atoms with Gasteiger partial charge in [0.15, 0.2) is 5.96 Å². The highest BCUT2D eigenvalue weighted by Gasteiger charge is 2.24. The summed E-state index contributed by atoms with van der Waals surface area (Å²) in [7, 11) is 0. The van der Waals surface area contributed by atoms with E-state index in [0.29, 0.717) is 37.8 Å². The van der Waals surface area contributed by atoms with Gasteiger partial charge in [0.2, 0.25) is 0 Å². The topological polar surface area (TPSA) is 79.1 Å². The molecule has 1 fully saturated rings. The molecule has 0 atom stereocenters. The summed E-state index contributed by atoms with van der Waals surface area (Å²) in [5.74, 6) is 1.66. The molecule has 0 unspecified atom stereocenters. The average Bonchev–Trinajstić information content (AvgIpc) is 3.27. The summed E-state index contributed by atoms with van der Waals surface area (Å²) in [4.78, 5) is 18.4. The molecular formula is C22H30ClIN4O3. The van der Waals surface area contributed by atoms with Crippen LogP contribution in [0.15, 0.2) is 52.1 Å². The maximum atomic E-state index is 11.9. The van der Waals surface area contributed by atoms with Crippen LogP contribution in [0.5, 0.6) is 0 Å². The number of carbonyl (C=O) groups excluding carboxylic acids is 1. The molecule has 1 aliphatic rings. The molecule has 2 heterocycles. The van der Waals surface area contributed by atoms with E-state index in [1.54, 1.807) is 11.2 Å². The van der Waals surface area contributed by atoms with Gasteiger partial charge < -0.3 is 24.7 Å². The van der Waals surface area contributed by atoms with Crippen LogP contribution in [0.1, 0.15) is 31.1 Å². The molecule has 170 valence electrons. The van der Waals surface area contributed by atoms with Crippen LogP contribution < -0.4 is 10.6 Å². The van der Waals surface area contributed by atoms with Gasteiger partial charge in [-0.3, -0.25) is 0 Å². The van der Waals surface area contributed by atoms with Crippen LogP contribution in [0, 0.1) is 0 Å². The quantitative estimate of drug-likeness (QED) is 0.297. The molecule has 0 aliphatic carbocycles. The zero-order valence-corrected chi connectivity index (χ0v) is 20.8. The predicted molar refractivity (Wildman–Crippen MR) is 133 cm³/mol. The zero-order chi connectivity index (χ0) is 21.2. The Hall–Kier alpha value is -1.94. The van der Waals surface area contributed by atoms with Crippen molar-refractivity contribution in [2.75, 3.05) is 26.2 Å². The summed E-state index contributed by atoms with van der Waals surface area (Å²) in [6, 6.07) is 11.8. The number of amides is 1. The second-order valence-electron chi connectivity index (χ2n) is 7.12. The molecule has 1 aromatic heterocycles. The summed E-state index contributed by atoms with van der Waals surface area (Å²) in [5, 5.41) is 7.59. The Balaban J connectivity index is 0.00000341. The molecule has 1 aromatic carbocycles. The number of piperidine rings is 1. The van der Waals surface area contributed by atoms with Crippen LogP contribution in [-0.4, -0.2) is 49.2 Å². The van der Waals surface area contributed by atoms with E-state index in [2.05, 4.69) is 10.6 Å². The van der Waals surface area contributed by atoms with Crippen LogP contribution >= 0.6 is 35.6 Å². The Morgan fingerprint density at radius 3 is 2.71 bits per heavy atom. The summed E-state index contributed by atoms with van der Waals surface area (Å²) in [6.45, 7) is 4.74. The number of furan rings is 1. The summed E-state index contributed by atoms with van der Waals surface area (Å²) < 4.78 is 10.5. The Labute approximate surface area is 205 Å². The monoisotopic (exact) mass is 560 g/mol. The van der Waals surface area contributed by atoms with Crippen LogP contribution in [-0.2, 0) is 17.7 Å². The van der Waals surface area contributed by atoms with Crippen LogP contribution in [0.3, 0.4) is 0 Å². The third kappa shape index (κ3) is 8.25. The number of rotatable bonds is 7. The van der Waals surface area contributed by atoms with Gasteiger partial charge in [-0.05, 0) is 43.5 Å². The number of ether oxygens (including phenoxy) is 1.